The molecule has 0 unspecified atom stereocenters. The van der Waals surface area contributed by atoms with Gasteiger partial charge in [-0.25, -0.2) is 0 Å². The van der Waals surface area contributed by atoms with Crippen LogP contribution in [0, 0.1) is 13.8 Å². The Labute approximate surface area is 112 Å². The van der Waals surface area contributed by atoms with Gasteiger partial charge in [-0.3, -0.25) is 9.48 Å². The summed E-state index contributed by atoms with van der Waals surface area (Å²) in [5.74, 6) is -0.228. The minimum Gasteiger partial charge on any atom is -0.396 e. The molecule has 1 amide bonds. The Morgan fingerprint density at radius 1 is 1.37 bits per heavy atom. The number of rotatable bonds is 3. The van der Waals surface area contributed by atoms with Crippen molar-refractivity contribution in [3.05, 3.63) is 41.2 Å². The highest BCUT2D eigenvalue weighted by Gasteiger charge is 2.17. The number of nitrogens with zero attached hydrogens (tertiary/aromatic N) is 2. The zero-order valence-corrected chi connectivity index (χ0v) is 11.4. The SMILES string of the molecule is CCn1ncc(N)c1C(=O)Nc1c(C)cccc1C. The zero-order valence-electron chi connectivity index (χ0n) is 11.4. The number of nitrogens with two attached hydrogens (primary N) is 1. The summed E-state index contributed by atoms with van der Waals surface area (Å²) in [6.45, 7) is 6.45. The normalized spacial score (nSPS) is 10.5. The van der Waals surface area contributed by atoms with Gasteiger partial charge in [0.2, 0.25) is 0 Å². The Bertz CT molecular complexity index is 596. The number of para-hydroxylation sites is 1. The highest BCUT2D eigenvalue weighted by atomic mass is 16.2. The summed E-state index contributed by atoms with van der Waals surface area (Å²) < 4.78 is 1.60. The Balaban J connectivity index is 2.34. The molecule has 19 heavy (non-hydrogen) atoms. The largest absolute Gasteiger partial charge is 0.396 e. The van der Waals surface area contributed by atoms with Crippen molar-refractivity contribution in [3.63, 3.8) is 0 Å². The lowest BCUT2D eigenvalue weighted by Gasteiger charge is -2.12. The lowest BCUT2D eigenvalue weighted by Crippen LogP contribution is -2.19. The van der Waals surface area contributed by atoms with E-state index in [2.05, 4.69) is 10.4 Å². The highest BCUT2D eigenvalue weighted by molar-refractivity contribution is 6.07. The number of hydrogen-bond acceptors (Lipinski definition) is 3. The first-order valence-electron chi connectivity index (χ1n) is 6.23. The van der Waals surface area contributed by atoms with Crippen LogP contribution in [-0.2, 0) is 6.54 Å². The minimum atomic E-state index is -0.228. The number of amides is 1. The smallest absolute Gasteiger partial charge is 0.276 e. The summed E-state index contributed by atoms with van der Waals surface area (Å²) >= 11 is 0. The Morgan fingerprint density at radius 3 is 2.58 bits per heavy atom. The maximum Gasteiger partial charge on any atom is 0.276 e. The summed E-state index contributed by atoms with van der Waals surface area (Å²) in [5, 5.41) is 6.99. The number of aryl methyl sites for hydroxylation is 3. The number of carbonyl (C=O) groups excluding carboxylic acids is 1. The molecule has 0 atom stereocenters. The van der Waals surface area contributed by atoms with E-state index in [0.29, 0.717) is 17.9 Å². The minimum absolute atomic E-state index is 0.228. The van der Waals surface area contributed by atoms with Crippen LogP contribution < -0.4 is 11.1 Å². The fourth-order valence-electron chi connectivity index (χ4n) is 2.07. The van der Waals surface area contributed by atoms with E-state index in [1.807, 2.05) is 39.0 Å². The van der Waals surface area contributed by atoms with Crippen LogP contribution >= 0.6 is 0 Å². The van der Waals surface area contributed by atoms with E-state index >= 15 is 0 Å². The van der Waals surface area contributed by atoms with E-state index in [9.17, 15) is 4.79 Å². The number of benzene rings is 1. The molecule has 0 aliphatic rings. The standard InChI is InChI=1S/C14H18N4O/c1-4-18-13(11(15)8-16-18)14(19)17-12-9(2)6-5-7-10(12)3/h5-8H,4,15H2,1-3H3,(H,17,19). The second-order valence-electron chi connectivity index (χ2n) is 4.49. The average molecular weight is 258 g/mol. The van der Waals surface area contributed by atoms with Crippen LogP contribution in [0.4, 0.5) is 11.4 Å². The summed E-state index contributed by atoms with van der Waals surface area (Å²) in [4.78, 5) is 12.3. The van der Waals surface area contributed by atoms with Crippen LogP contribution in [0.1, 0.15) is 28.5 Å². The average Bonchev–Trinajstić information content (AvgIpc) is 2.75. The first-order chi connectivity index (χ1) is 9.04. The molecule has 0 bridgehead atoms. The first-order valence-corrected chi connectivity index (χ1v) is 6.23. The van der Waals surface area contributed by atoms with Crippen LogP contribution in [0.15, 0.2) is 24.4 Å². The lowest BCUT2D eigenvalue weighted by atomic mass is 10.1. The molecule has 2 rings (SSSR count). The van der Waals surface area contributed by atoms with Crippen molar-refractivity contribution < 1.29 is 4.79 Å². The molecule has 0 aliphatic heterocycles. The third kappa shape index (κ3) is 2.45. The molecule has 0 spiro atoms. The van der Waals surface area contributed by atoms with Crippen molar-refractivity contribution in [2.24, 2.45) is 0 Å². The Kier molecular flexibility index (Phi) is 3.55. The summed E-state index contributed by atoms with van der Waals surface area (Å²) in [5.41, 5.74) is 9.48. The number of carbonyl (C=O) groups is 1. The van der Waals surface area contributed by atoms with Gasteiger partial charge >= 0.3 is 0 Å². The molecular weight excluding hydrogens is 240 g/mol. The Hall–Kier alpha value is -2.30. The summed E-state index contributed by atoms with van der Waals surface area (Å²) in [6.07, 6.45) is 1.50. The van der Waals surface area contributed by atoms with Crippen molar-refractivity contribution in [1.82, 2.24) is 9.78 Å². The van der Waals surface area contributed by atoms with E-state index in [0.717, 1.165) is 16.8 Å². The number of aromatic nitrogens is 2. The molecule has 100 valence electrons. The third-order valence-corrected chi connectivity index (χ3v) is 3.10. The van der Waals surface area contributed by atoms with Crippen molar-refractivity contribution in [2.45, 2.75) is 27.3 Å². The van der Waals surface area contributed by atoms with Gasteiger partial charge in [0, 0.05) is 12.2 Å². The molecule has 0 fully saturated rings. The van der Waals surface area contributed by atoms with Crippen molar-refractivity contribution in [1.29, 1.82) is 0 Å². The van der Waals surface area contributed by atoms with Gasteiger partial charge in [0.1, 0.15) is 5.69 Å². The second-order valence-corrected chi connectivity index (χ2v) is 4.49. The summed E-state index contributed by atoms with van der Waals surface area (Å²) in [6, 6.07) is 5.89. The number of hydrogen-bond donors (Lipinski definition) is 2. The Morgan fingerprint density at radius 2 is 2.00 bits per heavy atom. The van der Waals surface area contributed by atoms with Crippen LogP contribution in [0.25, 0.3) is 0 Å². The third-order valence-electron chi connectivity index (χ3n) is 3.10. The fraction of sp³-hybridized carbons (Fsp3) is 0.286. The maximum absolute atomic E-state index is 12.3. The van der Waals surface area contributed by atoms with Gasteiger partial charge in [-0.1, -0.05) is 18.2 Å². The predicted molar refractivity (Wildman–Crippen MR) is 76.2 cm³/mol. The van der Waals surface area contributed by atoms with Gasteiger partial charge in [0.25, 0.3) is 5.91 Å². The van der Waals surface area contributed by atoms with Gasteiger partial charge in [-0.05, 0) is 31.9 Å². The van der Waals surface area contributed by atoms with E-state index in [1.165, 1.54) is 6.20 Å². The number of nitrogen functional groups attached to an aromatic ring is 1. The van der Waals surface area contributed by atoms with Gasteiger partial charge < -0.3 is 11.1 Å². The van der Waals surface area contributed by atoms with Gasteiger partial charge in [-0.2, -0.15) is 5.10 Å². The van der Waals surface area contributed by atoms with Gasteiger partial charge in [-0.15, -0.1) is 0 Å². The van der Waals surface area contributed by atoms with E-state index < -0.39 is 0 Å². The lowest BCUT2D eigenvalue weighted by molar-refractivity contribution is 0.101. The molecule has 3 N–H and O–H groups in total. The fourth-order valence-corrected chi connectivity index (χ4v) is 2.07. The summed E-state index contributed by atoms with van der Waals surface area (Å²) in [7, 11) is 0. The molecule has 2 aromatic rings. The number of nitrogens with one attached hydrogen (secondary N) is 1. The van der Waals surface area contributed by atoms with Gasteiger partial charge in [0.15, 0.2) is 0 Å². The van der Waals surface area contributed by atoms with Crippen LogP contribution in [0.2, 0.25) is 0 Å². The molecule has 0 saturated heterocycles. The quantitative estimate of drug-likeness (QED) is 0.887. The van der Waals surface area contributed by atoms with Crippen LogP contribution in [0.3, 0.4) is 0 Å². The predicted octanol–water partition coefficient (Wildman–Crippen LogP) is 2.35. The molecule has 1 aromatic heterocycles. The van der Waals surface area contributed by atoms with Gasteiger partial charge in [0.05, 0.1) is 11.9 Å². The maximum atomic E-state index is 12.3. The molecule has 0 saturated carbocycles. The number of anilines is 2. The second kappa shape index (κ2) is 5.14. The van der Waals surface area contributed by atoms with Crippen molar-refractivity contribution in [2.75, 3.05) is 11.1 Å². The first kappa shape index (κ1) is 13.1. The highest BCUT2D eigenvalue weighted by Crippen LogP contribution is 2.21. The molecule has 5 heteroatoms. The molecule has 5 nitrogen and oxygen atoms in total. The monoisotopic (exact) mass is 258 g/mol. The zero-order chi connectivity index (χ0) is 14.0. The van der Waals surface area contributed by atoms with E-state index in [4.69, 9.17) is 5.73 Å². The van der Waals surface area contributed by atoms with E-state index in [1.54, 1.807) is 4.68 Å². The van der Waals surface area contributed by atoms with E-state index in [-0.39, 0.29) is 5.91 Å². The topological polar surface area (TPSA) is 72.9 Å². The molecule has 0 radical (unpaired) electrons. The molecule has 1 aromatic carbocycles. The molecular formula is C14H18N4O. The van der Waals surface area contributed by atoms with Crippen molar-refractivity contribution >= 4 is 17.3 Å². The van der Waals surface area contributed by atoms with Crippen molar-refractivity contribution in [3.8, 4) is 0 Å². The molecule has 0 aliphatic carbocycles. The van der Waals surface area contributed by atoms with Crippen LogP contribution in [0.5, 0.6) is 0 Å². The molecule has 1 heterocycles. The van der Waals surface area contributed by atoms with Crippen LogP contribution in [-0.4, -0.2) is 15.7 Å².